The smallest absolute Gasteiger partial charge is 0.255 e. The number of nitrogens with one attached hydrogen (secondary N) is 1. The molecular weight excluding hydrogens is 340 g/mol. The number of piperazine rings is 1. The van der Waals surface area contributed by atoms with Gasteiger partial charge >= 0.3 is 0 Å². The zero-order valence-electron chi connectivity index (χ0n) is 15.7. The Morgan fingerprint density at radius 1 is 1.22 bits per heavy atom. The molecule has 2 aliphatic heterocycles. The van der Waals surface area contributed by atoms with E-state index in [0.29, 0.717) is 17.1 Å². The molecule has 6 nitrogen and oxygen atoms in total. The summed E-state index contributed by atoms with van der Waals surface area (Å²) in [5.74, 6) is 0.251. The number of hydrogen-bond acceptors (Lipinski definition) is 5. The Morgan fingerprint density at radius 3 is 2.89 bits per heavy atom. The van der Waals surface area contributed by atoms with Crippen LogP contribution in [-0.4, -0.2) is 60.0 Å². The molecule has 0 spiro atoms. The van der Waals surface area contributed by atoms with E-state index in [1.54, 1.807) is 18.3 Å². The number of anilines is 1. The third-order valence-corrected chi connectivity index (χ3v) is 5.51. The zero-order chi connectivity index (χ0) is 18.6. The Labute approximate surface area is 160 Å². The molecular formula is C21H26N4O2. The van der Waals surface area contributed by atoms with Crippen LogP contribution in [0.15, 0.2) is 42.6 Å². The van der Waals surface area contributed by atoms with Crippen molar-refractivity contribution in [2.75, 3.05) is 38.6 Å². The van der Waals surface area contributed by atoms with E-state index in [1.807, 2.05) is 12.1 Å². The highest BCUT2D eigenvalue weighted by molar-refractivity contribution is 6.04. The molecule has 6 heteroatoms. The van der Waals surface area contributed by atoms with Gasteiger partial charge in [-0.05, 0) is 49.2 Å². The molecule has 1 unspecified atom stereocenters. The maximum absolute atomic E-state index is 12.5. The van der Waals surface area contributed by atoms with Crippen molar-refractivity contribution in [2.45, 2.75) is 25.4 Å². The fourth-order valence-electron chi connectivity index (χ4n) is 4.06. The van der Waals surface area contributed by atoms with Gasteiger partial charge in [0.25, 0.3) is 5.91 Å². The van der Waals surface area contributed by atoms with Crippen LogP contribution in [0.2, 0.25) is 0 Å². The SMILES string of the molecule is COc1ncccc1NC(=O)c1ccc(CN2CCN3CCCC3C2)cc1. The second kappa shape index (κ2) is 8.06. The summed E-state index contributed by atoms with van der Waals surface area (Å²) < 4.78 is 5.18. The number of carbonyl (C=O) groups is 1. The van der Waals surface area contributed by atoms with E-state index < -0.39 is 0 Å². The number of carbonyl (C=O) groups excluding carboxylic acids is 1. The molecule has 1 aromatic carbocycles. The van der Waals surface area contributed by atoms with Crippen molar-refractivity contribution in [1.29, 1.82) is 0 Å². The van der Waals surface area contributed by atoms with Gasteiger partial charge in [-0.15, -0.1) is 0 Å². The molecule has 1 amide bonds. The summed E-state index contributed by atoms with van der Waals surface area (Å²) in [7, 11) is 1.54. The van der Waals surface area contributed by atoms with Gasteiger partial charge < -0.3 is 10.1 Å². The molecule has 1 atom stereocenters. The van der Waals surface area contributed by atoms with E-state index in [2.05, 4.69) is 32.2 Å². The van der Waals surface area contributed by atoms with Gasteiger partial charge in [0.2, 0.25) is 5.88 Å². The first kappa shape index (κ1) is 17.9. The van der Waals surface area contributed by atoms with Crippen LogP contribution in [0.1, 0.15) is 28.8 Å². The van der Waals surface area contributed by atoms with E-state index in [0.717, 1.165) is 25.7 Å². The van der Waals surface area contributed by atoms with E-state index in [-0.39, 0.29) is 5.91 Å². The van der Waals surface area contributed by atoms with Crippen LogP contribution in [-0.2, 0) is 6.54 Å². The van der Waals surface area contributed by atoms with Crippen LogP contribution < -0.4 is 10.1 Å². The number of rotatable bonds is 5. The molecule has 2 saturated heterocycles. The summed E-state index contributed by atoms with van der Waals surface area (Å²) in [6.45, 7) is 5.67. The quantitative estimate of drug-likeness (QED) is 0.882. The zero-order valence-corrected chi connectivity index (χ0v) is 15.7. The van der Waals surface area contributed by atoms with Crippen LogP contribution in [0.3, 0.4) is 0 Å². The molecule has 0 aliphatic carbocycles. The first-order chi connectivity index (χ1) is 13.2. The molecule has 2 aliphatic rings. The van der Waals surface area contributed by atoms with Gasteiger partial charge in [-0.3, -0.25) is 14.6 Å². The Bertz CT molecular complexity index is 793. The summed E-state index contributed by atoms with van der Waals surface area (Å²) in [5, 5.41) is 2.86. The van der Waals surface area contributed by atoms with Crippen molar-refractivity contribution >= 4 is 11.6 Å². The largest absolute Gasteiger partial charge is 0.480 e. The second-order valence-corrected chi connectivity index (χ2v) is 7.28. The first-order valence-electron chi connectivity index (χ1n) is 9.58. The average Bonchev–Trinajstić information content (AvgIpc) is 3.17. The van der Waals surface area contributed by atoms with Crippen molar-refractivity contribution in [3.05, 3.63) is 53.7 Å². The number of pyridine rings is 1. The summed E-state index contributed by atoms with van der Waals surface area (Å²) in [6.07, 6.45) is 4.30. The summed E-state index contributed by atoms with van der Waals surface area (Å²) in [4.78, 5) is 21.7. The second-order valence-electron chi connectivity index (χ2n) is 7.28. The fraction of sp³-hybridized carbons (Fsp3) is 0.429. The highest BCUT2D eigenvalue weighted by Gasteiger charge is 2.30. The van der Waals surface area contributed by atoms with Crippen molar-refractivity contribution in [1.82, 2.24) is 14.8 Å². The van der Waals surface area contributed by atoms with Gasteiger partial charge in [0.05, 0.1) is 7.11 Å². The molecule has 0 saturated carbocycles. The highest BCUT2D eigenvalue weighted by Crippen LogP contribution is 2.23. The molecule has 27 heavy (non-hydrogen) atoms. The summed E-state index contributed by atoms with van der Waals surface area (Å²) in [6, 6.07) is 12.2. The number of ether oxygens (including phenoxy) is 1. The van der Waals surface area contributed by atoms with E-state index in [4.69, 9.17) is 4.74 Å². The lowest BCUT2D eigenvalue weighted by atomic mass is 10.1. The molecule has 1 aromatic heterocycles. The maximum Gasteiger partial charge on any atom is 0.255 e. The van der Waals surface area contributed by atoms with Gasteiger partial charge in [-0.1, -0.05) is 12.1 Å². The molecule has 142 valence electrons. The van der Waals surface area contributed by atoms with E-state index >= 15 is 0 Å². The fourth-order valence-corrected chi connectivity index (χ4v) is 4.06. The lowest BCUT2D eigenvalue weighted by Gasteiger charge is -2.37. The van der Waals surface area contributed by atoms with Crippen LogP contribution in [0.5, 0.6) is 5.88 Å². The lowest BCUT2D eigenvalue weighted by molar-refractivity contribution is 0.0993. The first-order valence-corrected chi connectivity index (χ1v) is 9.58. The number of nitrogens with zero attached hydrogens (tertiary/aromatic N) is 3. The summed E-state index contributed by atoms with van der Waals surface area (Å²) >= 11 is 0. The average molecular weight is 366 g/mol. The Hall–Kier alpha value is -2.44. The van der Waals surface area contributed by atoms with Crippen molar-refractivity contribution in [3.63, 3.8) is 0 Å². The molecule has 2 fully saturated rings. The van der Waals surface area contributed by atoms with Crippen LogP contribution in [0.25, 0.3) is 0 Å². The van der Waals surface area contributed by atoms with Gasteiger partial charge in [-0.25, -0.2) is 4.98 Å². The molecule has 0 radical (unpaired) electrons. The molecule has 1 N–H and O–H groups in total. The number of fused-ring (bicyclic) bond motifs is 1. The Morgan fingerprint density at radius 2 is 2.07 bits per heavy atom. The Kier molecular flexibility index (Phi) is 5.36. The van der Waals surface area contributed by atoms with Crippen LogP contribution in [0.4, 0.5) is 5.69 Å². The minimum absolute atomic E-state index is 0.160. The Balaban J connectivity index is 1.36. The number of methoxy groups -OCH3 is 1. The molecule has 2 aromatic rings. The topological polar surface area (TPSA) is 57.7 Å². The summed E-state index contributed by atoms with van der Waals surface area (Å²) in [5.41, 5.74) is 2.45. The predicted molar refractivity (Wildman–Crippen MR) is 105 cm³/mol. The number of aromatic nitrogens is 1. The monoisotopic (exact) mass is 366 g/mol. The van der Waals surface area contributed by atoms with Crippen LogP contribution in [0, 0.1) is 0 Å². The molecule has 0 bridgehead atoms. The normalized spacial score (nSPS) is 20.3. The van der Waals surface area contributed by atoms with Crippen LogP contribution >= 0.6 is 0 Å². The third-order valence-electron chi connectivity index (χ3n) is 5.51. The van der Waals surface area contributed by atoms with Crippen molar-refractivity contribution in [2.24, 2.45) is 0 Å². The van der Waals surface area contributed by atoms with Crippen molar-refractivity contribution < 1.29 is 9.53 Å². The standard InChI is InChI=1S/C21H26N4O2/c1-27-21-19(5-2-10-22-21)23-20(26)17-8-6-16(7-9-17)14-24-12-13-25-11-3-4-18(25)15-24/h2,5-10,18H,3-4,11-15H2,1H3,(H,23,26). The molecule has 3 heterocycles. The lowest BCUT2D eigenvalue weighted by Crippen LogP contribution is -2.49. The minimum Gasteiger partial charge on any atom is -0.480 e. The number of amides is 1. The van der Waals surface area contributed by atoms with Gasteiger partial charge in [0.1, 0.15) is 5.69 Å². The van der Waals surface area contributed by atoms with E-state index in [9.17, 15) is 4.79 Å². The number of hydrogen-bond donors (Lipinski definition) is 1. The third kappa shape index (κ3) is 4.12. The highest BCUT2D eigenvalue weighted by atomic mass is 16.5. The minimum atomic E-state index is -0.160. The van der Waals surface area contributed by atoms with Gasteiger partial charge in [0, 0.05) is 44.0 Å². The van der Waals surface area contributed by atoms with Gasteiger partial charge in [-0.2, -0.15) is 0 Å². The molecule has 4 rings (SSSR count). The van der Waals surface area contributed by atoms with Crippen molar-refractivity contribution in [3.8, 4) is 5.88 Å². The van der Waals surface area contributed by atoms with Gasteiger partial charge in [0.15, 0.2) is 0 Å². The number of benzene rings is 1. The van der Waals surface area contributed by atoms with E-state index in [1.165, 1.54) is 38.6 Å². The maximum atomic E-state index is 12.5. The predicted octanol–water partition coefficient (Wildman–Crippen LogP) is 2.62.